The van der Waals surface area contributed by atoms with Crippen LogP contribution in [0, 0.1) is 0 Å². The molecule has 0 spiro atoms. The molecule has 0 aliphatic rings. The molecule has 0 aromatic heterocycles. The maximum absolute atomic E-state index is 11.9. The molecule has 0 heterocycles. The first-order chi connectivity index (χ1) is 17.4. The Morgan fingerprint density at radius 1 is 0.611 bits per heavy atom. The highest BCUT2D eigenvalue weighted by Crippen LogP contribution is 2.29. The second kappa shape index (κ2) is 14.7. The van der Waals surface area contributed by atoms with Gasteiger partial charge in [-0.25, -0.2) is 0 Å². The Morgan fingerprint density at radius 3 is 1.44 bits per heavy atom. The monoisotopic (exact) mass is 485 g/mol. The number of ether oxygens (including phenoxy) is 1. The topological polar surface area (TPSA) is 142 Å². The number of benzene rings is 4. The van der Waals surface area contributed by atoms with Crippen molar-refractivity contribution in [2.24, 2.45) is 0 Å². The minimum absolute atomic E-state index is 0.263. The molecule has 0 bridgehead atoms. The van der Waals surface area contributed by atoms with Crippen LogP contribution in [0.5, 0.6) is 0 Å². The average molecular weight is 486 g/mol. The van der Waals surface area contributed by atoms with Crippen molar-refractivity contribution in [3.05, 3.63) is 103 Å². The molecule has 0 unspecified atom stereocenters. The van der Waals surface area contributed by atoms with Gasteiger partial charge in [-0.3, -0.25) is 4.79 Å². The number of carbonyl (C=O) groups is 1. The number of rotatable bonds is 5. The van der Waals surface area contributed by atoms with Gasteiger partial charge >= 0.3 is 0 Å². The highest BCUT2D eigenvalue weighted by Gasteiger charge is 2.10. The number of nitrogens with one attached hydrogen (secondary N) is 1. The number of hydrogen-bond acceptors (Lipinski definition) is 6. The second-order valence-corrected chi connectivity index (χ2v) is 7.58. The third kappa shape index (κ3) is 8.38. The lowest BCUT2D eigenvalue weighted by Crippen LogP contribution is -2.14. The van der Waals surface area contributed by atoms with E-state index in [-0.39, 0.29) is 5.91 Å². The molecule has 0 saturated heterocycles. The summed E-state index contributed by atoms with van der Waals surface area (Å²) in [6.07, 6.45) is 0. The SMILES string of the molecule is CCOCC.Nc1ccccc1-c1ccccc1N.Nc1ccccc1NC(=O)c1ccccc1N. The molecule has 0 saturated carbocycles. The van der Waals surface area contributed by atoms with Crippen LogP contribution in [0.25, 0.3) is 11.1 Å². The lowest BCUT2D eigenvalue weighted by Gasteiger charge is -2.09. The molecule has 4 aromatic rings. The molecule has 4 aromatic carbocycles. The van der Waals surface area contributed by atoms with Crippen LogP contribution >= 0.6 is 0 Å². The molecule has 0 aliphatic carbocycles. The first kappa shape index (κ1) is 27.8. The molecule has 0 aliphatic heterocycles. The van der Waals surface area contributed by atoms with E-state index in [4.69, 9.17) is 27.7 Å². The summed E-state index contributed by atoms with van der Waals surface area (Å²) in [6.45, 7) is 5.67. The third-order valence-corrected chi connectivity index (χ3v) is 5.03. The van der Waals surface area contributed by atoms with E-state index in [0.717, 1.165) is 35.7 Å². The highest BCUT2D eigenvalue weighted by atomic mass is 16.5. The summed E-state index contributed by atoms with van der Waals surface area (Å²) in [6, 6.07) is 29.4. The predicted molar refractivity (Wildman–Crippen MR) is 153 cm³/mol. The number of nitrogens with two attached hydrogens (primary N) is 4. The standard InChI is InChI=1S/C13H13N3O.C12H12N2.C4H10O/c14-10-6-2-1-5-9(10)13(17)16-12-8-4-3-7-11(12)15;13-11-7-3-1-5-9(11)10-6-2-4-8-12(10)14;1-3-5-4-2/h1-8H,14-15H2,(H,16,17);1-8H,13-14H2;3-4H2,1-2H3. The Balaban J connectivity index is 0.000000217. The molecule has 0 radical (unpaired) electrons. The van der Waals surface area contributed by atoms with Gasteiger partial charge in [0.2, 0.25) is 0 Å². The molecule has 7 nitrogen and oxygen atoms in total. The van der Waals surface area contributed by atoms with Crippen LogP contribution in [0.15, 0.2) is 97.1 Å². The molecule has 7 heteroatoms. The lowest BCUT2D eigenvalue weighted by molar-refractivity contribution is 0.102. The first-order valence-electron chi connectivity index (χ1n) is 11.7. The van der Waals surface area contributed by atoms with Gasteiger partial charge in [-0.15, -0.1) is 0 Å². The van der Waals surface area contributed by atoms with E-state index in [2.05, 4.69) is 5.32 Å². The van der Waals surface area contributed by atoms with Gasteiger partial charge in [-0.1, -0.05) is 60.7 Å². The third-order valence-electron chi connectivity index (χ3n) is 5.03. The van der Waals surface area contributed by atoms with Gasteiger partial charge in [0.25, 0.3) is 5.91 Å². The van der Waals surface area contributed by atoms with Crippen molar-refractivity contribution in [3.63, 3.8) is 0 Å². The van der Waals surface area contributed by atoms with Gasteiger partial charge in [-0.05, 0) is 50.2 Å². The van der Waals surface area contributed by atoms with Crippen LogP contribution in [0.1, 0.15) is 24.2 Å². The van der Waals surface area contributed by atoms with E-state index in [1.165, 1.54) is 0 Å². The smallest absolute Gasteiger partial charge is 0.257 e. The van der Waals surface area contributed by atoms with Gasteiger partial charge in [0, 0.05) is 41.4 Å². The molecular formula is C29H35N5O2. The van der Waals surface area contributed by atoms with E-state index in [0.29, 0.717) is 22.6 Å². The fraction of sp³-hybridized carbons (Fsp3) is 0.138. The molecule has 0 fully saturated rings. The molecule has 0 atom stereocenters. The zero-order valence-electron chi connectivity index (χ0n) is 20.8. The normalized spacial score (nSPS) is 9.72. The van der Waals surface area contributed by atoms with Crippen molar-refractivity contribution >= 4 is 34.3 Å². The number of hydrogen-bond donors (Lipinski definition) is 5. The molecular weight excluding hydrogens is 450 g/mol. The summed E-state index contributed by atoms with van der Waals surface area (Å²) in [7, 11) is 0. The number of nitrogen functional groups attached to an aromatic ring is 4. The number of carbonyl (C=O) groups excluding carboxylic acids is 1. The quantitative estimate of drug-likeness (QED) is 0.231. The number of amides is 1. The van der Waals surface area contributed by atoms with Crippen molar-refractivity contribution in [2.75, 3.05) is 41.5 Å². The highest BCUT2D eigenvalue weighted by molar-refractivity contribution is 6.08. The molecule has 36 heavy (non-hydrogen) atoms. The average Bonchev–Trinajstić information content (AvgIpc) is 2.88. The Hall–Kier alpha value is -4.49. The zero-order valence-corrected chi connectivity index (χ0v) is 20.8. The molecule has 188 valence electrons. The van der Waals surface area contributed by atoms with Crippen LogP contribution in [-0.4, -0.2) is 19.1 Å². The van der Waals surface area contributed by atoms with Gasteiger partial charge in [0.15, 0.2) is 0 Å². The van der Waals surface area contributed by atoms with E-state index in [1.807, 2.05) is 68.4 Å². The molecule has 4 rings (SSSR count). The molecule has 9 N–H and O–H groups in total. The van der Waals surface area contributed by atoms with E-state index in [1.54, 1.807) is 42.5 Å². The Labute approximate surface area is 213 Å². The minimum atomic E-state index is -0.263. The summed E-state index contributed by atoms with van der Waals surface area (Å²) in [5.41, 5.74) is 28.7. The number of anilines is 5. The van der Waals surface area contributed by atoms with Gasteiger partial charge in [-0.2, -0.15) is 0 Å². The van der Waals surface area contributed by atoms with Crippen molar-refractivity contribution < 1.29 is 9.53 Å². The van der Waals surface area contributed by atoms with Crippen molar-refractivity contribution in [3.8, 4) is 11.1 Å². The summed E-state index contributed by atoms with van der Waals surface area (Å²) < 4.78 is 4.83. The zero-order chi connectivity index (χ0) is 26.3. The van der Waals surface area contributed by atoms with Crippen molar-refractivity contribution in [2.45, 2.75) is 13.8 Å². The van der Waals surface area contributed by atoms with Crippen LogP contribution in [0.3, 0.4) is 0 Å². The van der Waals surface area contributed by atoms with E-state index < -0.39 is 0 Å². The Morgan fingerprint density at radius 2 is 1.03 bits per heavy atom. The van der Waals surface area contributed by atoms with Gasteiger partial charge in [0.1, 0.15) is 0 Å². The Bertz CT molecular complexity index is 1200. The lowest BCUT2D eigenvalue weighted by atomic mass is 10.0. The summed E-state index contributed by atoms with van der Waals surface area (Å²) in [5, 5.41) is 2.72. The summed E-state index contributed by atoms with van der Waals surface area (Å²) in [4.78, 5) is 11.9. The molecule has 1 amide bonds. The van der Waals surface area contributed by atoms with Crippen LogP contribution in [0.2, 0.25) is 0 Å². The minimum Gasteiger partial charge on any atom is -0.398 e. The van der Waals surface area contributed by atoms with Crippen molar-refractivity contribution in [1.82, 2.24) is 0 Å². The number of para-hydroxylation sites is 5. The summed E-state index contributed by atoms with van der Waals surface area (Å²) in [5.74, 6) is -0.263. The Kier molecular flexibility index (Phi) is 11.3. The van der Waals surface area contributed by atoms with E-state index in [9.17, 15) is 4.79 Å². The van der Waals surface area contributed by atoms with Gasteiger partial charge in [0.05, 0.1) is 16.9 Å². The maximum atomic E-state index is 11.9. The van der Waals surface area contributed by atoms with Gasteiger partial charge < -0.3 is 33.0 Å². The fourth-order valence-corrected chi connectivity index (χ4v) is 3.19. The summed E-state index contributed by atoms with van der Waals surface area (Å²) >= 11 is 0. The maximum Gasteiger partial charge on any atom is 0.257 e. The fourth-order valence-electron chi connectivity index (χ4n) is 3.19. The predicted octanol–water partition coefficient (Wildman–Crippen LogP) is 5.66. The van der Waals surface area contributed by atoms with E-state index >= 15 is 0 Å². The van der Waals surface area contributed by atoms with Crippen LogP contribution in [-0.2, 0) is 4.74 Å². The largest absolute Gasteiger partial charge is 0.398 e. The van der Waals surface area contributed by atoms with Crippen molar-refractivity contribution in [1.29, 1.82) is 0 Å². The van der Waals surface area contributed by atoms with Crippen LogP contribution in [0.4, 0.5) is 28.4 Å². The second-order valence-electron chi connectivity index (χ2n) is 7.58. The first-order valence-corrected chi connectivity index (χ1v) is 11.7. The van der Waals surface area contributed by atoms with Crippen LogP contribution < -0.4 is 28.3 Å².